The molecule has 0 bridgehead atoms. The van der Waals surface area contributed by atoms with Crippen molar-refractivity contribution in [2.45, 2.75) is 46.1 Å². The second-order valence-corrected chi connectivity index (χ2v) is 7.08. The minimum Gasteiger partial charge on any atom is -0.368 e. The van der Waals surface area contributed by atoms with Crippen molar-refractivity contribution < 1.29 is 0 Å². The van der Waals surface area contributed by atoms with Crippen LogP contribution in [0.3, 0.4) is 0 Å². The van der Waals surface area contributed by atoms with E-state index in [2.05, 4.69) is 41.7 Å². The summed E-state index contributed by atoms with van der Waals surface area (Å²) in [6, 6.07) is 2.88. The molecule has 2 heterocycles. The van der Waals surface area contributed by atoms with Crippen molar-refractivity contribution in [2.24, 2.45) is 5.92 Å². The van der Waals surface area contributed by atoms with E-state index in [0.29, 0.717) is 17.9 Å². The first kappa shape index (κ1) is 13.6. The van der Waals surface area contributed by atoms with Crippen LogP contribution in [-0.2, 0) is 6.42 Å². The normalized spacial score (nSPS) is 15.2. The van der Waals surface area contributed by atoms with E-state index in [1.165, 1.54) is 23.1 Å². The predicted octanol–water partition coefficient (Wildman–Crippen LogP) is 3.46. The molecule has 1 saturated carbocycles. The van der Waals surface area contributed by atoms with Crippen LogP contribution in [0, 0.1) is 5.92 Å². The first-order valence-electron chi connectivity index (χ1n) is 7.41. The molecule has 2 aromatic heterocycles. The molecule has 2 aromatic rings. The molecule has 108 valence electrons. The van der Waals surface area contributed by atoms with Crippen molar-refractivity contribution in [1.29, 1.82) is 0 Å². The smallest absolute Gasteiger partial charge is 0.223 e. The molecule has 0 spiro atoms. The van der Waals surface area contributed by atoms with Crippen LogP contribution in [0.2, 0.25) is 0 Å². The number of anilines is 2. The van der Waals surface area contributed by atoms with Gasteiger partial charge in [0, 0.05) is 17.5 Å². The molecule has 4 nitrogen and oxygen atoms in total. The van der Waals surface area contributed by atoms with Crippen LogP contribution in [0.25, 0.3) is 10.2 Å². The van der Waals surface area contributed by atoms with Gasteiger partial charge in [0.05, 0.1) is 5.39 Å². The number of rotatable bonds is 5. The highest BCUT2D eigenvalue weighted by Crippen LogP contribution is 2.37. The van der Waals surface area contributed by atoms with Gasteiger partial charge in [0.2, 0.25) is 5.95 Å². The fourth-order valence-corrected chi connectivity index (χ4v) is 3.52. The van der Waals surface area contributed by atoms with E-state index >= 15 is 0 Å². The third kappa shape index (κ3) is 2.59. The van der Waals surface area contributed by atoms with Crippen LogP contribution in [0.4, 0.5) is 11.8 Å². The average Bonchev–Trinajstić information content (AvgIpc) is 3.14. The van der Waals surface area contributed by atoms with E-state index in [1.807, 2.05) is 0 Å². The Kier molecular flexibility index (Phi) is 3.54. The number of hydrogen-bond acceptors (Lipinski definition) is 5. The maximum Gasteiger partial charge on any atom is 0.223 e. The Morgan fingerprint density at radius 2 is 2.15 bits per heavy atom. The molecule has 1 aliphatic carbocycles. The van der Waals surface area contributed by atoms with Crippen LogP contribution in [0.15, 0.2) is 6.07 Å². The van der Waals surface area contributed by atoms with Gasteiger partial charge in [-0.1, -0.05) is 20.8 Å². The fraction of sp³-hybridized carbons (Fsp3) is 0.600. The monoisotopic (exact) mass is 290 g/mol. The Morgan fingerprint density at radius 1 is 1.40 bits per heavy atom. The molecule has 3 rings (SSSR count). The molecule has 0 amide bonds. The van der Waals surface area contributed by atoms with Crippen LogP contribution in [0.5, 0.6) is 0 Å². The van der Waals surface area contributed by atoms with Crippen molar-refractivity contribution in [3.63, 3.8) is 0 Å². The van der Waals surface area contributed by atoms with Gasteiger partial charge in [0.15, 0.2) is 0 Å². The molecular weight excluding hydrogens is 268 g/mol. The van der Waals surface area contributed by atoms with E-state index in [4.69, 9.17) is 5.73 Å². The Bertz CT molecular complexity index is 616. The Labute approximate surface area is 124 Å². The van der Waals surface area contributed by atoms with Gasteiger partial charge < -0.3 is 10.6 Å². The van der Waals surface area contributed by atoms with Gasteiger partial charge in [0.25, 0.3) is 0 Å². The summed E-state index contributed by atoms with van der Waals surface area (Å²) >= 11 is 1.74. The summed E-state index contributed by atoms with van der Waals surface area (Å²) in [5.41, 5.74) is 5.92. The molecule has 0 aromatic carbocycles. The third-order valence-electron chi connectivity index (χ3n) is 3.61. The van der Waals surface area contributed by atoms with Gasteiger partial charge >= 0.3 is 0 Å². The Morgan fingerprint density at radius 3 is 2.75 bits per heavy atom. The van der Waals surface area contributed by atoms with Crippen LogP contribution in [0.1, 0.15) is 38.5 Å². The molecule has 20 heavy (non-hydrogen) atoms. The highest BCUT2D eigenvalue weighted by Gasteiger charge is 2.32. The average molecular weight is 290 g/mol. The van der Waals surface area contributed by atoms with Crippen LogP contribution >= 0.6 is 11.3 Å². The molecule has 0 atom stereocenters. The van der Waals surface area contributed by atoms with Gasteiger partial charge in [-0.25, -0.2) is 4.98 Å². The van der Waals surface area contributed by atoms with E-state index in [1.54, 1.807) is 11.3 Å². The van der Waals surface area contributed by atoms with Crippen LogP contribution < -0.4 is 10.6 Å². The third-order valence-corrected chi connectivity index (χ3v) is 4.78. The lowest BCUT2D eigenvalue weighted by Crippen LogP contribution is -2.31. The summed E-state index contributed by atoms with van der Waals surface area (Å²) < 4.78 is 0. The number of nitrogen functional groups attached to an aromatic ring is 1. The Hall–Kier alpha value is -1.36. The maximum absolute atomic E-state index is 5.92. The van der Waals surface area contributed by atoms with E-state index in [0.717, 1.165) is 23.6 Å². The standard InChI is InChI=1S/C15H22N4S/c1-4-11-7-12-13(17-15(16)18-14(12)20-11)19(8-9(2)3)10-5-6-10/h7,9-10H,4-6,8H2,1-3H3,(H2,16,17,18). The molecule has 0 unspecified atom stereocenters. The quantitative estimate of drug-likeness (QED) is 0.916. The molecule has 1 fully saturated rings. The number of aryl methyl sites for hydroxylation is 1. The first-order valence-corrected chi connectivity index (χ1v) is 8.22. The molecule has 5 heteroatoms. The van der Waals surface area contributed by atoms with Crippen molar-refractivity contribution in [2.75, 3.05) is 17.2 Å². The zero-order chi connectivity index (χ0) is 14.3. The second-order valence-electron chi connectivity index (χ2n) is 5.97. The molecular formula is C15H22N4S. The topological polar surface area (TPSA) is 55.0 Å². The molecule has 0 saturated heterocycles. The number of fused-ring (bicyclic) bond motifs is 1. The van der Waals surface area contributed by atoms with Gasteiger partial charge in [-0.05, 0) is 31.2 Å². The lowest BCUT2D eigenvalue weighted by atomic mass is 10.2. The van der Waals surface area contributed by atoms with E-state index in [9.17, 15) is 0 Å². The molecule has 0 aliphatic heterocycles. The number of nitrogens with zero attached hydrogens (tertiary/aromatic N) is 3. The van der Waals surface area contributed by atoms with Crippen molar-refractivity contribution in [3.05, 3.63) is 10.9 Å². The summed E-state index contributed by atoms with van der Waals surface area (Å²) in [5, 5.41) is 1.17. The minimum absolute atomic E-state index is 0.395. The first-order chi connectivity index (χ1) is 9.58. The zero-order valence-electron chi connectivity index (χ0n) is 12.4. The fourth-order valence-electron chi connectivity index (χ4n) is 2.55. The zero-order valence-corrected chi connectivity index (χ0v) is 13.2. The predicted molar refractivity (Wildman–Crippen MR) is 86.4 cm³/mol. The number of thiophene rings is 1. The summed E-state index contributed by atoms with van der Waals surface area (Å²) in [5.74, 6) is 2.05. The summed E-state index contributed by atoms with van der Waals surface area (Å²) in [6.07, 6.45) is 3.57. The SMILES string of the molecule is CCc1cc2c(N(CC(C)C)C3CC3)nc(N)nc2s1. The van der Waals surface area contributed by atoms with Crippen molar-refractivity contribution in [3.8, 4) is 0 Å². The number of nitrogens with two attached hydrogens (primary N) is 1. The number of aromatic nitrogens is 2. The number of hydrogen-bond donors (Lipinski definition) is 1. The summed E-state index contributed by atoms with van der Waals surface area (Å²) in [7, 11) is 0. The minimum atomic E-state index is 0.395. The summed E-state index contributed by atoms with van der Waals surface area (Å²) in [6.45, 7) is 7.71. The van der Waals surface area contributed by atoms with Gasteiger partial charge in [-0.2, -0.15) is 4.98 Å². The van der Waals surface area contributed by atoms with Crippen LogP contribution in [-0.4, -0.2) is 22.6 Å². The highest BCUT2D eigenvalue weighted by molar-refractivity contribution is 7.18. The lowest BCUT2D eigenvalue weighted by molar-refractivity contribution is 0.604. The van der Waals surface area contributed by atoms with Gasteiger partial charge in [0.1, 0.15) is 10.6 Å². The van der Waals surface area contributed by atoms with E-state index in [-0.39, 0.29) is 0 Å². The van der Waals surface area contributed by atoms with Gasteiger partial charge in [-0.15, -0.1) is 11.3 Å². The van der Waals surface area contributed by atoms with Crippen molar-refractivity contribution in [1.82, 2.24) is 9.97 Å². The molecule has 0 radical (unpaired) electrons. The largest absolute Gasteiger partial charge is 0.368 e. The molecule has 1 aliphatic rings. The van der Waals surface area contributed by atoms with Crippen molar-refractivity contribution >= 4 is 33.3 Å². The lowest BCUT2D eigenvalue weighted by Gasteiger charge is -2.26. The summed E-state index contributed by atoms with van der Waals surface area (Å²) in [4.78, 5) is 13.8. The maximum atomic E-state index is 5.92. The van der Waals surface area contributed by atoms with E-state index < -0.39 is 0 Å². The molecule has 2 N–H and O–H groups in total. The second kappa shape index (κ2) is 5.20. The van der Waals surface area contributed by atoms with Gasteiger partial charge in [-0.3, -0.25) is 0 Å². The highest BCUT2D eigenvalue weighted by atomic mass is 32.1. The Balaban J connectivity index is 2.09.